The molecule has 1 atom stereocenters. The van der Waals surface area contributed by atoms with Gasteiger partial charge in [-0.15, -0.1) is 0 Å². The topological polar surface area (TPSA) is 72.0 Å². The second kappa shape index (κ2) is 5.76. The van der Waals surface area contributed by atoms with E-state index >= 15 is 0 Å². The summed E-state index contributed by atoms with van der Waals surface area (Å²) in [7, 11) is -3.27. The number of sulfone groups is 1. The quantitative estimate of drug-likeness (QED) is 0.940. The molecule has 0 fully saturated rings. The SMILES string of the molecule is CC(Nc1cc(S(C)(=O)=O)ccc1Cl)c1cnccn1. The van der Waals surface area contributed by atoms with Crippen molar-refractivity contribution in [3.8, 4) is 0 Å². The summed E-state index contributed by atoms with van der Waals surface area (Å²) >= 11 is 6.08. The zero-order chi connectivity index (χ0) is 14.8. The number of nitrogens with zero attached hydrogens (tertiary/aromatic N) is 2. The fourth-order valence-corrected chi connectivity index (χ4v) is 2.51. The Morgan fingerprint density at radius 2 is 2.05 bits per heavy atom. The van der Waals surface area contributed by atoms with Crippen LogP contribution in [0, 0.1) is 0 Å². The smallest absolute Gasteiger partial charge is 0.175 e. The Labute approximate surface area is 123 Å². The van der Waals surface area contributed by atoms with Gasteiger partial charge in [0.25, 0.3) is 0 Å². The van der Waals surface area contributed by atoms with Crippen LogP contribution in [0.4, 0.5) is 5.69 Å². The first kappa shape index (κ1) is 14.7. The van der Waals surface area contributed by atoms with Gasteiger partial charge in [0.15, 0.2) is 9.84 Å². The van der Waals surface area contributed by atoms with Crippen molar-refractivity contribution in [2.45, 2.75) is 17.9 Å². The zero-order valence-electron chi connectivity index (χ0n) is 11.0. The molecule has 1 aromatic carbocycles. The molecule has 0 aliphatic rings. The number of hydrogen-bond donors (Lipinski definition) is 1. The maximum atomic E-state index is 11.6. The molecule has 5 nitrogen and oxygen atoms in total. The summed E-state index contributed by atoms with van der Waals surface area (Å²) in [6.45, 7) is 1.90. The van der Waals surface area contributed by atoms with E-state index in [2.05, 4.69) is 15.3 Å². The van der Waals surface area contributed by atoms with Crippen molar-refractivity contribution in [1.29, 1.82) is 0 Å². The summed E-state index contributed by atoms with van der Waals surface area (Å²) in [5.74, 6) is 0. The van der Waals surface area contributed by atoms with Gasteiger partial charge in [-0.05, 0) is 25.1 Å². The van der Waals surface area contributed by atoms with Gasteiger partial charge in [0.2, 0.25) is 0 Å². The number of hydrogen-bond acceptors (Lipinski definition) is 5. The monoisotopic (exact) mass is 311 g/mol. The van der Waals surface area contributed by atoms with Gasteiger partial charge in [0.1, 0.15) is 0 Å². The molecule has 0 aliphatic heterocycles. The Morgan fingerprint density at radius 1 is 1.30 bits per heavy atom. The summed E-state index contributed by atoms with van der Waals surface area (Å²) in [5.41, 5.74) is 1.29. The van der Waals surface area contributed by atoms with Gasteiger partial charge >= 0.3 is 0 Å². The van der Waals surface area contributed by atoms with E-state index in [1.165, 1.54) is 12.1 Å². The fraction of sp³-hybridized carbons (Fsp3) is 0.231. The zero-order valence-corrected chi connectivity index (χ0v) is 12.6. The summed E-state index contributed by atoms with van der Waals surface area (Å²) in [5, 5.41) is 3.59. The Kier molecular flexibility index (Phi) is 4.25. The number of nitrogens with one attached hydrogen (secondary N) is 1. The molecule has 0 spiro atoms. The first-order valence-corrected chi connectivity index (χ1v) is 8.17. The Morgan fingerprint density at radius 3 is 2.65 bits per heavy atom. The third-order valence-corrected chi connectivity index (χ3v) is 4.20. The van der Waals surface area contributed by atoms with Crippen molar-refractivity contribution < 1.29 is 8.42 Å². The van der Waals surface area contributed by atoms with Gasteiger partial charge in [0, 0.05) is 18.6 Å². The van der Waals surface area contributed by atoms with E-state index in [0.29, 0.717) is 10.7 Å². The number of halogens is 1. The van der Waals surface area contributed by atoms with Crippen LogP contribution in [-0.2, 0) is 9.84 Å². The fourth-order valence-electron chi connectivity index (χ4n) is 1.69. The molecule has 1 aromatic heterocycles. The van der Waals surface area contributed by atoms with Crippen LogP contribution in [0.1, 0.15) is 18.7 Å². The van der Waals surface area contributed by atoms with Gasteiger partial charge in [-0.25, -0.2) is 8.42 Å². The average Bonchev–Trinajstić information content (AvgIpc) is 2.41. The van der Waals surface area contributed by atoms with Crippen LogP contribution >= 0.6 is 11.6 Å². The van der Waals surface area contributed by atoms with Crippen molar-refractivity contribution in [3.05, 3.63) is 47.5 Å². The predicted molar refractivity (Wildman–Crippen MR) is 78.6 cm³/mol. The molecule has 106 valence electrons. The van der Waals surface area contributed by atoms with Gasteiger partial charge in [-0.3, -0.25) is 9.97 Å². The van der Waals surface area contributed by atoms with Crippen LogP contribution in [0.15, 0.2) is 41.7 Å². The van der Waals surface area contributed by atoms with Crippen LogP contribution < -0.4 is 5.32 Å². The largest absolute Gasteiger partial charge is 0.376 e. The number of anilines is 1. The van der Waals surface area contributed by atoms with Gasteiger partial charge in [0.05, 0.1) is 33.5 Å². The van der Waals surface area contributed by atoms with E-state index in [9.17, 15) is 8.42 Å². The molecule has 1 heterocycles. The standard InChI is InChI=1S/C13H14ClN3O2S/c1-9(13-8-15-5-6-16-13)17-12-7-10(20(2,18)19)3-4-11(12)14/h3-9,17H,1-2H3. The number of rotatable bonds is 4. The Balaban J connectivity index is 2.30. The van der Waals surface area contributed by atoms with E-state index < -0.39 is 9.84 Å². The van der Waals surface area contributed by atoms with Crippen molar-refractivity contribution in [1.82, 2.24) is 9.97 Å². The molecule has 1 N–H and O–H groups in total. The molecule has 0 amide bonds. The van der Waals surface area contributed by atoms with E-state index in [-0.39, 0.29) is 10.9 Å². The number of aromatic nitrogens is 2. The number of benzene rings is 1. The molecular weight excluding hydrogens is 298 g/mol. The molecule has 7 heteroatoms. The van der Waals surface area contributed by atoms with Crippen LogP contribution in [0.5, 0.6) is 0 Å². The van der Waals surface area contributed by atoms with E-state index in [1.807, 2.05) is 6.92 Å². The maximum Gasteiger partial charge on any atom is 0.175 e. The second-order valence-corrected chi connectivity index (χ2v) is 6.83. The minimum atomic E-state index is -3.27. The third-order valence-electron chi connectivity index (χ3n) is 2.76. The second-order valence-electron chi connectivity index (χ2n) is 4.41. The van der Waals surface area contributed by atoms with Crippen molar-refractivity contribution >= 4 is 27.1 Å². The Hall–Kier alpha value is -1.66. The lowest BCUT2D eigenvalue weighted by Gasteiger charge is -2.16. The molecule has 2 rings (SSSR count). The lowest BCUT2D eigenvalue weighted by atomic mass is 10.2. The normalized spacial score (nSPS) is 12.9. The van der Waals surface area contributed by atoms with Crippen molar-refractivity contribution in [2.75, 3.05) is 11.6 Å². The van der Waals surface area contributed by atoms with Crippen LogP contribution in [0.2, 0.25) is 5.02 Å². The summed E-state index contributed by atoms with van der Waals surface area (Å²) < 4.78 is 23.1. The molecule has 1 unspecified atom stereocenters. The molecule has 0 saturated heterocycles. The van der Waals surface area contributed by atoms with Crippen LogP contribution in [0.3, 0.4) is 0 Å². The third kappa shape index (κ3) is 3.46. The highest BCUT2D eigenvalue weighted by Gasteiger charge is 2.13. The van der Waals surface area contributed by atoms with Gasteiger partial charge < -0.3 is 5.32 Å². The molecule has 20 heavy (non-hydrogen) atoms. The molecule has 2 aromatic rings. The average molecular weight is 312 g/mol. The highest BCUT2D eigenvalue weighted by Crippen LogP contribution is 2.28. The van der Waals surface area contributed by atoms with Crippen molar-refractivity contribution in [3.63, 3.8) is 0 Å². The van der Waals surface area contributed by atoms with Crippen LogP contribution in [-0.4, -0.2) is 24.6 Å². The van der Waals surface area contributed by atoms with E-state index in [1.54, 1.807) is 24.7 Å². The lowest BCUT2D eigenvalue weighted by molar-refractivity contribution is 0.602. The van der Waals surface area contributed by atoms with Gasteiger partial charge in [-0.2, -0.15) is 0 Å². The first-order valence-electron chi connectivity index (χ1n) is 5.90. The predicted octanol–water partition coefficient (Wildman–Crippen LogP) is 2.71. The van der Waals surface area contributed by atoms with Crippen LogP contribution in [0.25, 0.3) is 0 Å². The summed E-state index contributed by atoms with van der Waals surface area (Å²) in [6, 6.07) is 4.42. The first-order chi connectivity index (χ1) is 9.38. The molecule has 0 saturated carbocycles. The molecule has 0 radical (unpaired) electrons. The summed E-state index contributed by atoms with van der Waals surface area (Å²) in [4.78, 5) is 8.40. The maximum absolute atomic E-state index is 11.6. The van der Waals surface area contributed by atoms with E-state index in [4.69, 9.17) is 11.6 Å². The highest BCUT2D eigenvalue weighted by atomic mass is 35.5. The Bertz CT molecular complexity index is 705. The molecule has 0 aliphatic carbocycles. The lowest BCUT2D eigenvalue weighted by Crippen LogP contribution is -2.09. The molecule has 0 bridgehead atoms. The minimum absolute atomic E-state index is 0.143. The molecular formula is C13H14ClN3O2S. The van der Waals surface area contributed by atoms with Gasteiger partial charge in [-0.1, -0.05) is 11.6 Å². The highest BCUT2D eigenvalue weighted by molar-refractivity contribution is 7.90. The van der Waals surface area contributed by atoms with Crippen molar-refractivity contribution in [2.24, 2.45) is 0 Å². The summed E-state index contributed by atoms with van der Waals surface area (Å²) in [6.07, 6.45) is 5.99. The van der Waals surface area contributed by atoms with E-state index in [0.717, 1.165) is 11.9 Å². The minimum Gasteiger partial charge on any atom is -0.376 e.